The summed E-state index contributed by atoms with van der Waals surface area (Å²) >= 11 is 0. The van der Waals surface area contributed by atoms with Gasteiger partial charge in [0, 0.05) is 16.8 Å². The number of hydrogen-bond acceptors (Lipinski definition) is 1. The molecule has 10 aromatic rings. The fourth-order valence-corrected chi connectivity index (χ4v) is 11.6. The number of nitrogens with zero attached hydrogens (tertiary/aromatic N) is 1. The SMILES string of the molecule is c1ccc(-c2ccc(N(c3ccc4c(c3)-c3ccccc3C43c4ccccc4C4(c5ccccc5-c5ccccc54)c4ccccc43)c3cccc4ccccc34)cc2)cc1. The summed E-state index contributed by atoms with van der Waals surface area (Å²) < 4.78 is 0. The first-order chi connectivity index (χ1) is 30.3. The van der Waals surface area contributed by atoms with Crippen molar-refractivity contribution in [3.05, 3.63) is 281 Å². The van der Waals surface area contributed by atoms with Gasteiger partial charge in [0.15, 0.2) is 0 Å². The molecule has 10 aromatic carbocycles. The number of rotatable bonds is 4. The van der Waals surface area contributed by atoms with Crippen molar-refractivity contribution in [3.63, 3.8) is 0 Å². The van der Waals surface area contributed by atoms with Gasteiger partial charge in [-0.25, -0.2) is 0 Å². The monoisotopic (exact) mass is 773 g/mol. The summed E-state index contributed by atoms with van der Waals surface area (Å²) in [7, 11) is 0. The highest BCUT2D eigenvalue weighted by atomic mass is 15.1. The zero-order valence-corrected chi connectivity index (χ0v) is 33.5. The Morgan fingerprint density at radius 1 is 0.262 bits per heavy atom. The quantitative estimate of drug-likeness (QED) is 0.172. The van der Waals surface area contributed by atoms with Crippen LogP contribution in [0.1, 0.15) is 44.5 Å². The molecule has 0 aromatic heterocycles. The maximum absolute atomic E-state index is 2.46. The second-order valence-electron chi connectivity index (χ2n) is 16.7. The van der Waals surface area contributed by atoms with Gasteiger partial charge < -0.3 is 4.90 Å². The van der Waals surface area contributed by atoms with Gasteiger partial charge in [0.1, 0.15) is 0 Å². The van der Waals surface area contributed by atoms with Crippen molar-refractivity contribution in [2.45, 2.75) is 10.8 Å². The summed E-state index contributed by atoms with van der Waals surface area (Å²) in [6.45, 7) is 0. The topological polar surface area (TPSA) is 3.24 Å². The van der Waals surface area contributed by atoms with Crippen LogP contribution in [0, 0.1) is 0 Å². The second kappa shape index (κ2) is 12.9. The Bertz CT molecular complexity index is 3270. The van der Waals surface area contributed by atoms with Crippen LogP contribution in [-0.4, -0.2) is 0 Å². The van der Waals surface area contributed by atoms with Crippen LogP contribution in [0.25, 0.3) is 44.2 Å². The number of benzene rings is 10. The molecule has 0 aliphatic heterocycles. The smallest absolute Gasteiger partial charge is 0.0720 e. The molecular weight excluding hydrogens is 735 g/mol. The molecule has 284 valence electrons. The van der Waals surface area contributed by atoms with Gasteiger partial charge in [-0.15, -0.1) is 0 Å². The molecule has 3 aliphatic carbocycles. The lowest BCUT2D eigenvalue weighted by molar-refractivity contribution is 0.633. The summed E-state index contributed by atoms with van der Waals surface area (Å²) in [5.41, 5.74) is 20.8. The first kappa shape index (κ1) is 34.2. The van der Waals surface area contributed by atoms with Crippen LogP contribution in [0.3, 0.4) is 0 Å². The summed E-state index contributed by atoms with van der Waals surface area (Å²) in [5, 5.41) is 2.43. The third kappa shape index (κ3) is 4.50. The number of hydrogen-bond donors (Lipinski definition) is 0. The first-order valence-electron chi connectivity index (χ1n) is 21.3. The van der Waals surface area contributed by atoms with Crippen molar-refractivity contribution in [3.8, 4) is 33.4 Å². The van der Waals surface area contributed by atoms with Gasteiger partial charge in [-0.3, -0.25) is 0 Å². The number of fused-ring (bicyclic) bond motifs is 17. The van der Waals surface area contributed by atoms with E-state index in [9.17, 15) is 0 Å². The molecule has 0 bridgehead atoms. The fourth-order valence-electron chi connectivity index (χ4n) is 11.6. The van der Waals surface area contributed by atoms with Crippen LogP contribution >= 0.6 is 0 Å². The van der Waals surface area contributed by atoms with Crippen molar-refractivity contribution in [1.82, 2.24) is 0 Å². The van der Waals surface area contributed by atoms with Gasteiger partial charge in [0.2, 0.25) is 0 Å². The molecule has 1 heteroatoms. The first-order valence-corrected chi connectivity index (χ1v) is 21.3. The van der Waals surface area contributed by atoms with Gasteiger partial charge >= 0.3 is 0 Å². The Kier molecular flexibility index (Phi) is 7.21. The van der Waals surface area contributed by atoms with E-state index in [1.807, 2.05) is 0 Å². The second-order valence-corrected chi connectivity index (χ2v) is 16.7. The van der Waals surface area contributed by atoms with Crippen molar-refractivity contribution in [1.29, 1.82) is 0 Å². The zero-order chi connectivity index (χ0) is 40.1. The fraction of sp³-hybridized carbons (Fsp3) is 0.0333. The lowest BCUT2D eigenvalue weighted by Crippen LogP contribution is -2.43. The van der Waals surface area contributed by atoms with Gasteiger partial charge in [-0.05, 0) is 114 Å². The van der Waals surface area contributed by atoms with E-state index >= 15 is 0 Å². The Labute approximate surface area is 356 Å². The predicted octanol–water partition coefficient (Wildman–Crippen LogP) is 15.0. The van der Waals surface area contributed by atoms with Crippen molar-refractivity contribution in [2.24, 2.45) is 0 Å². The zero-order valence-electron chi connectivity index (χ0n) is 33.5. The van der Waals surface area contributed by atoms with Crippen molar-refractivity contribution >= 4 is 27.8 Å². The van der Waals surface area contributed by atoms with E-state index in [2.05, 4.69) is 241 Å². The molecule has 2 spiro atoms. The van der Waals surface area contributed by atoms with Gasteiger partial charge in [-0.2, -0.15) is 0 Å². The van der Waals surface area contributed by atoms with Crippen LogP contribution in [0.5, 0.6) is 0 Å². The van der Waals surface area contributed by atoms with E-state index in [1.54, 1.807) is 0 Å². The Morgan fingerprint density at radius 2 is 0.672 bits per heavy atom. The lowest BCUT2D eigenvalue weighted by atomic mass is 9.52. The van der Waals surface area contributed by atoms with E-state index in [0.29, 0.717) is 0 Å². The van der Waals surface area contributed by atoms with Gasteiger partial charge in [0.25, 0.3) is 0 Å². The molecule has 0 saturated heterocycles. The maximum Gasteiger partial charge on any atom is 0.0720 e. The number of anilines is 3. The van der Waals surface area contributed by atoms with E-state index in [-0.39, 0.29) is 0 Å². The summed E-state index contributed by atoms with van der Waals surface area (Å²) in [6, 6.07) is 88.5. The highest BCUT2D eigenvalue weighted by Crippen LogP contribution is 2.67. The van der Waals surface area contributed by atoms with Crippen LogP contribution in [0.15, 0.2) is 237 Å². The van der Waals surface area contributed by atoms with Crippen LogP contribution in [0.2, 0.25) is 0 Å². The molecule has 0 N–H and O–H groups in total. The van der Waals surface area contributed by atoms with Crippen LogP contribution in [0.4, 0.5) is 17.1 Å². The molecule has 13 rings (SSSR count). The largest absolute Gasteiger partial charge is 0.310 e. The van der Waals surface area contributed by atoms with E-state index in [4.69, 9.17) is 0 Å². The maximum atomic E-state index is 2.46. The average molecular weight is 774 g/mol. The third-order valence-electron chi connectivity index (χ3n) is 13.9. The molecule has 1 nitrogen and oxygen atoms in total. The summed E-state index contributed by atoms with van der Waals surface area (Å²) in [6.07, 6.45) is 0. The highest BCUT2D eigenvalue weighted by molar-refractivity contribution is 6.01. The van der Waals surface area contributed by atoms with E-state index < -0.39 is 10.8 Å². The van der Waals surface area contributed by atoms with E-state index in [1.165, 1.54) is 88.7 Å². The molecular formula is C60H39N. The Balaban J connectivity index is 1.08. The molecule has 0 fully saturated rings. The lowest BCUT2D eigenvalue weighted by Gasteiger charge is -2.48. The molecule has 0 amide bonds. The Hall–Kier alpha value is -7.74. The van der Waals surface area contributed by atoms with Crippen molar-refractivity contribution in [2.75, 3.05) is 4.90 Å². The molecule has 0 unspecified atom stereocenters. The van der Waals surface area contributed by atoms with Crippen molar-refractivity contribution < 1.29 is 0 Å². The molecule has 0 radical (unpaired) electrons. The molecule has 0 heterocycles. The third-order valence-corrected chi connectivity index (χ3v) is 13.9. The van der Waals surface area contributed by atoms with Crippen LogP contribution in [-0.2, 0) is 10.8 Å². The van der Waals surface area contributed by atoms with E-state index in [0.717, 1.165) is 17.1 Å². The van der Waals surface area contributed by atoms with Gasteiger partial charge in [0.05, 0.1) is 16.5 Å². The minimum Gasteiger partial charge on any atom is -0.310 e. The normalized spacial score (nSPS) is 14.2. The van der Waals surface area contributed by atoms with Gasteiger partial charge in [-0.1, -0.05) is 206 Å². The molecule has 0 atom stereocenters. The molecule has 3 aliphatic rings. The Morgan fingerprint density at radius 3 is 1.25 bits per heavy atom. The average Bonchev–Trinajstić information content (AvgIpc) is 3.80. The summed E-state index contributed by atoms with van der Waals surface area (Å²) in [4.78, 5) is 2.45. The standard InChI is InChI=1S/C60H39N/c1-2-17-40(18-3-1)41-33-35-43(36-34-41)61(58-32-16-20-42-19-4-5-21-45(42)58)44-37-38-53-49(39-44)48-24-8-11-27-52(48)60(53)56-30-14-12-28-54(56)59(55-29-13-15-31-57(55)60)50-25-9-6-22-46(50)47-23-7-10-26-51(47)59/h1-39H. The minimum absolute atomic E-state index is 0.458. The summed E-state index contributed by atoms with van der Waals surface area (Å²) in [5.74, 6) is 0. The molecule has 61 heavy (non-hydrogen) atoms. The minimum atomic E-state index is -0.531. The highest BCUT2D eigenvalue weighted by Gasteiger charge is 2.58. The van der Waals surface area contributed by atoms with Crippen LogP contribution < -0.4 is 4.90 Å². The predicted molar refractivity (Wildman–Crippen MR) is 252 cm³/mol. The molecule has 0 saturated carbocycles.